The summed E-state index contributed by atoms with van der Waals surface area (Å²) in [5.74, 6) is -1.51. The Morgan fingerprint density at radius 2 is 1.24 bits per heavy atom. The van der Waals surface area contributed by atoms with Gasteiger partial charge >= 0.3 is 0 Å². The number of benzene rings is 3. The van der Waals surface area contributed by atoms with Gasteiger partial charge in [0.05, 0.1) is 18.9 Å². The zero-order valence-electron chi connectivity index (χ0n) is 18.0. The Balaban J connectivity index is 1.31. The Morgan fingerprint density at radius 3 is 1.67 bits per heavy atom. The average molecular weight is 438 g/mol. The molecule has 0 saturated carbocycles. The minimum Gasteiger partial charge on any atom is -0.497 e. The number of amides is 3. The van der Waals surface area contributed by atoms with E-state index in [1.807, 2.05) is 24.3 Å². The van der Waals surface area contributed by atoms with Gasteiger partial charge in [-0.15, -0.1) is 0 Å². The number of nitrogens with zero attached hydrogens (tertiary/aromatic N) is 1. The fourth-order valence-corrected chi connectivity index (χ4v) is 5.91. The van der Waals surface area contributed by atoms with Crippen LogP contribution in [-0.2, 0) is 14.4 Å². The van der Waals surface area contributed by atoms with Crippen LogP contribution in [0.1, 0.15) is 34.1 Å². The van der Waals surface area contributed by atoms with Crippen LogP contribution in [0.5, 0.6) is 5.75 Å². The first kappa shape index (κ1) is 19.7. The molecule has 164 valence electrons. The van der Waals surface area contributed by atoms with Gasteiger partial charge in [0.25, 0.3) is 0 Å². The maximum atomic E-state index is 13.5. The van der Waals surface area contributed by atoms with Gasteiger partial charge in [-0.2, -0.15) is 0 Å². The first-order valence-electron chi connectivity index (χ1n) is 11.0. The predicted molar refractivity (Wildman–Crippen MR) is 122 cm³/mol. The van der Waals surface area contributed by atoms with Crippen LogP contribution in [0, 0.1) is 11.8 Å². The summed E-state index contributed by atoms with van der Waals surface area (Å²) in [4.78, 5) is 41.0. The van der Waals surface area contributed by atoms with E-state index in [1.54, 1.807) is 31.4 Å². The van der Waals surface area contributed by atoms with Gasteiger partial charge in [-0.3, -0.25) is 19.3 Å². The van der Waals surface area contributed by atoms with Crippen molar-refractivity contribution in [3.8, 4) is 5.75 Å². The van der Waals surface area contributed by atoms with Crippen LogP contribution in [0.25, 0.3) is 0 Å². The Labute approximate surface area is 191 Å². The maximum absolute atomic E-state index is 13.5. The third-order valence-electron chi connectivity index (χ3n) is 7.22. The molecule has 1 fully saturated rings. The lowest BCUT2D eigenvalue weighted by Gasteiger charge is -2.45. The number of carbonyl (C=O) groups excluding carboxylic acids is 3. The van der Waals surface area contributed by atoms with Crippen molar-refractivity contribution in [2.75, 3.05) is 19.0 Å². The van der Waals surface area contributed by atoms with Crippen LogP contribution in [0.3, 0.4) is 0 Å². The van der Waals surface area contributed by atoms with E-state index >= 15 is 0 Å². The third kappa shape index (κ3) is 2.83. The molecule has 1 heterocycles. The second-order valence-electron chi connectivity index (χ2n) is 8.80. The highest BCUT2D eigenvalue weighted by Gasteiger charge is 2.61. The fourth-order valence-electron chi connectivity index (χ4n) is 5.91. The summed E-state index contributed by atoms with van der Waals surface area (Å²) >= 11 is 0. The molecule has 6 heteroatoms. The zero-order chi connectivity index (χ0) is 22.7. The molecule has 2 bridgehead atoms. The molecular weight excluding hydrogens is 416 g/mol. The van der Waals surface area contributed by atoms with E-state index in [4.69, 9.17) is 4.74 Å². The van der Waals surface area contributed by atoms with Crippen molar-refractivity contribution in [1.29, 1.82) is 0 Å². The van der Waals surface area contributed by atoms with Crippen molar-refractivity contribution in [2.24, 2.45) is 11.8 Å². The Morgan fingerprint density at radius 1 is 0.788 bits per heavy atom. The second kappa shape index (κ2) is 7.30. The number of imide groups is 1. The summed E-state index contributed by atoms with van der Waals surface area (Å²) < 4.78 is 5.13. The number of rotatable bonds is 4. The Hall–Kier alpha value is -3.93. The molecule has 3 aromatic carbocycles. The van der Waals surface area contributed by atoms with Crippen LogP contribution in [0.2, 0.25) is 0 Å². The van der Waals surface area contributed by atoms with E-state index < -0.39 is 17.7 Å². The molecule has 1 N–H and O–H groups in total. The van der Waals surface area contributed by atoms with Gasteiger partial charge in [0, 0.05) is 17.5 Å². The number of hydrogen-bond donors (Lipinski definition) is 1. The summed E-state index contributed by atoms with van der Waals surface area (Å²) in [5, 5.41) is 2.77. The van der Waals surface area contributed by atoms with Crippen molar-refractivity contribution < 1.29 is 19.1 Å². The van der Waals surface area contributed by atoms with Gasteiger partial charge in [0.1, 0.15) is 12.3 Å². The normalized spacial score (nSPS) is 24.2. The van der Waals surface area contributed by atoms with E-state index in [9.17, 15) is 14.4 Å². The van der Waals surface area contributed by atoms with Crippen LogP contribution in [0.4, 0.5) is 5.69 Å². The van der Waals surface area contributed by atoms with Crippen LogP contribution >= 0.6 is 0 Å². The van der Waals surface area contributed by atoms with E-state index in [1.165, 1.54) is 0 Å². The SMILES string of the molecule is COc1ccc(NC(=O)CN2C(=O)[C@H]3C4c5ccccc5C(c5ccccc54)[C@@H]3C2=O)cc1. The number of nitrogens with one attached hydrogen (secondary N) is 1. The largest absolute Gasteiger partial charge is 0.497 e. The Bertz CT molecular complexity index is 1180. The van der Waals surface area contributed by atoms with Crippen molar-refractivity contribution in [2.45, 2.75) is 11.8 Å². The van der Waals surface area contributed by atoms with Gasteiger partial charge in [-0.25, -0.2) is 0 Å². The summed E-state index contributed by atoms with van der Waals surface area (Å²) in [6, 6.07) is 23.1. The van der Waals surface area contributed by atoms with Crippen molar-refractivity contribution >= 4 is 23.4 Å². The minimum atomic E-state index is -0.471. The molecule has 0 unspecified atom stereocenters. The highest BCUT2D eigenvalue weighted by atomic mass is 16.5. The van der Waals surface area contributed by atoms with Crippen LogP contribution in [0.15, 0.2) is 72.8 Å². The van der Waals surface area contributed by atoms with Gasteiger partial charge in [0.2, 0.25) is 17.7 Å². The van der Waals surface area contributed by atoms with Gasteiger partial charge in [-0.1, -0.05) is 48.5 Å². The molecule has 7 rings (SSSR count). The highest BCUT2D eigenvalue weighted by molar-refractivity contribution is 6.10. The lowest BCUT2D eigenvalue weighted by molar-refractivity contribution is -0.142. The van der Waals surface area contributed by atoms with Crippen molar-refractivity contribution in [1.82, 2.24) is 4.90 Å². The molecule has 3 aromatic rings. The molecule has 0 spiro atoms. The molecule has 3 amide bonds. The highest BCUT2D eigenvalue weighted by Crippen LogP contribution is 2.60. The van der Waals surface area contributed by atoms with Gasteiger partial charge in [-0.05, 0) is 46.5 Å². The molecule has 0 radical (unpaired) electrons. The number of hydrogen-bond acceptors (Lipinski definition) is 4. The van der Waals surface area contributed by atoms with Crippen molar-refractivity contribution in [3.63, 3.8) is 0 Å². The topological polar surface area (TPSA) is 75.7 Å². The first-order chi connectivity index (χ1) is 16.1. The van der Waals surface area contributed by atoms with E-state index in [0.717, 1.165) is 27.2 Å². The van der Waals surface area contributed by atoms with Crippen molar-refractivity contribution in [3.05, 3.63) is 95.1 Å². The van der Waals surface area contributed by atoms with E-state index in [2.05, 4.69) is 29.6 Å². The number of likely N-dealkylation sites (tertiary alicyclic amines) is 1. The molecule has 33 heavy (non-hydrogen) atoms. The summed E-state index contributed by atoms with van der Waals surface area (Å²) in [5.41, 5.74) is 5.06. The molecule has 6 nitrogen and oxygen atoms in total. The van der Waals surface area contributed by atoms with Gasteiger partial charge < -0.3 is 10.1 Å². The standard InChI is InChI=1S/C27H22N2O4/c1-33-16-12-10-15(11-13-16)28-21(30)14-29-26(31)24-22-17-6-2-3-7-18(17)23(25(24)27(29)32)20-9-5-4-8-19(20)22/h2-13,22-25H,14H2,1H3,(H,28,30)/t22?,23?,24-,25-/m0/s1. The minimum absolute atomic E-state index is 0.168. The predicted octanol–water partition coefficient (Wildman–Crippen LogP) is 3.53. The summed E-state index contributed by atoms with van der Waals surface area (Å²) in [7, 11) is 1.57. The number of carbonyl (C=O) groups is 3. The molecule has 1 aliphatic heterocycles. The maximum Gasteiger partial charge on any atom is 0.244 e. The molecular formula is C27H22N2O4. The fraction of sp³-hybridized carbons (Fsp3) is 0.222. The smallest absolute Gasteiger partial charge is 0.244 e. The molecule has 0 aromatic heterocycles. The molecule has 2 atom stereocenters. The first-order valence-corrected chi connectivity index (χ1v) is 11.0. The average Bonchev–Trinajstić information content (AvgIpc) is 3.10. The lowest BCUT2D eigenvalue weighted by Crippen LogP contribution is -2.41. The molecule has 4 aliphatic rings. The summed E-state index contributed by atoms with van der Waals surface area (Å²) in [6.07, 6.45) is 0. The number of anilines is 1. The third-order valence-corrected chi connectivity index (χ3v) is 7.22. The molecule has 3 aliphatic carbocycles. The van der Waals surface area contributed by atoms with Crippen LogP contribution in [-0.4, -0.2) is 36.3 Å². The van der Waals surface area contributed by atoms with Gasteiger partial charge in [0.15, 0.2) is 0 Å². The number of ether oxygens (including phenoxy) is 1. The lowest BCUT2D eigenvalue weighted by atomic mass is 9.55. The monoisotopic (exact) mass is 438 g/mol. The summed E-state index contributed by atoms with van der Waals surface area (Å²) in [6.45, 7) is -0.289. The number of methoxy groups -OCH3 is 1. The second-order valence-corrected chi connectivity index (χ2v) is 8.80. The van der Waals surface area contributed by atoms with E-state index in [-0.39, 0.29) is 30.2 Å². The van der Waals surface area contributed by atoms with Crippen LogP contribution < -0.4 is 10.1 Å². The zero-order valence-corrected chi connectivity index (χ0v) is 18.0. The Kier molecular flexibility index (Phi) is 4.37. The quantitative estimate of drug-likeness (QED) is 0.633. The van der Waals surface area contributed by atoms with E-state index in [0.29, 0.717) is 11.4 Å². The molecule has 1 saturated heterocycles.